The molecule has 3 aromatic rings. The fourth-order valence-corrected chi connectivity index (χ4v) is 4.10. The van der Waals surface area contributed by atoms with Gasteiger partial charge in [-0.2, -0.15) is 5.10 Å². The summed E-state index contributed by atoms with van der Waals surface area (Å²) in [5.74, 6) is 1.94. The summed E-state index contributed by atoms with van der Waals surface area (Å²) >= 11 is 0. The zero-order valence-corrected chi connectivity index (χ0v) is 18.1. The molecule has 160 valence electrons. The Morgan fingerprint density at radius 2 is 1.87 bits per heavy atom. The fourth-order valence-electron chi connectivity index (χ4n) is 4.10. The van der Waals surface area contributed by atoms with Gasteiger partial charge in [0.25, 0.3) is 5.56 Å². The Morgan fingerprint density at radius 1 is 1.10 bits per heavy atom. The van der Waals surface area contributed by atoms with E-state index in [1.54, 1.807) is 26.4 Å². The molecule has 30 heavy (non-hydrogen) atoms. The van der Waals surface area contributed by atoms with Crippen LogP contribution >= 0.6 is 0 Å². The van der Waals surface area contributed by atoms with Gasteiger partial charge in [-0.15, -0.1) is 0 Å². The molecule has 3 heterocycles. The van der Waals surface area contributed by atoms with Gasteiger partial charge in [-0.1, -0.05) is 6.92 Å². The van der Waals surface area contributed by atoms with Crippen molar-refractivity contribution < 1.29 is 9.47 Å². The second kappa shape index (κ2) is 8.47. The minimum absolute atomic E-state index is 0.0234. The van der Waals surface area contributed by atoms with Crippen molar-refractivity contribution in [3.05, 3.63) is 45.8 Å². The first-order valence-electron chi connectivity index (χ1n) is 10.4. The van der Waals surface area contributed by atoms with Crippen molar-refractivity contribution in [2.75, 3.05) is 27.3 Å². The van der Waals surface area contributed by atoms with Gasteiger partial charge in [0.2, 0.25) is 0 Å². The molecule has 0 unspecified atom stereocenters. The smallest absolute Gasteiger partial charge is 0.261 e. The van der Waals surface area contributed by atoms with E-state index >= 15 is 0 Å². The second-order valence-corrected chi connectivity index (χ2v) is 7.71. The number of rotatable bonds is 6. The predicted octanol–water partition coefficient (Wildman–Crippen LogP) is 2.39. The highest BCUT2D eigenvalue weighted by molar-refractivity contribution is 5.82. The molecule has 0 atom stereocenters. The number of benzene rings is 1. The SMILES string of the molecule is CCCn1ncc(CN2CCc3nc4cc(OC)c(OC)cc4c(=O)n3CC2)c1C. The molecule has 0 amide bonds. The summed E-state index contributed by atoms with van der Waals surface area (Å²) in [6, 6.07) is 3.51. The molecular formula is C22H29N5O3. The number of hydrogen-bond acceptors (Lipinski definition) is 6. The molecule has 4 rings (SSSR count). The van der Waals surface area contributed by atoms with Crippen LogP contribution < -0.4 is 15.0 Å². The summed E-state index contributed by atoms with van der Waals surface area (Å²) in [4.78, 5) is 20.4. The monoisotopic (exact) mass is 411 g/mol. The van der Waals surface area contributed by atoms with Crippen molar-refractivity contribution in [2.24, 2.45) is 0 Å². The number of ether oxygens (including phenoxy) is 2. The summed E-state index contributed by atoms with van der Waals surface area (Å²) in [6.45, 7) is 8.33. The van der Waals surface area contributed by atoms with Gasteiger partial charge in [0.1, 0.15) is 5.82 Å². The Kier molecular flexibility index (Phi) is 5.76. The van der Waals surface area contributed by atoms with E-state index in [4.69, 9.17) is 14.5 Å². The van der Waals surface area contributed by atoms with Crippen molar-refractivity contribution in [1.82, 2.24) is 24.2 Å². The topological polar surface area (TPSA) is 74.4 Å². The molecule has 8 heteroatoms. The first-order chi connectivity index (χ1) is 14.5. The Balaban J connectivity index is 1.61. The average Bonchev–Trinajstić information content (AvgIpc) is 2.96. The number of aryl methyl sites for hydroxylation is 1. The van der Waals surface area contributed by atoms with E-state index < -0.39 is 0 Å². The van der Waals surface area contributed by atoms with E-state index in [2.05, 4.69) is 28.5 Å². The lowest BCUT2D eigenvalue weighted by molar-refractivity contribution is 0.270. The highest BCUT2D eigenvalue weighted by Crippen LogP contribution is 2.30. The van der Waals surface area contributed by atoms with Crippen LogP contribution in [-0.4, -0.2) is 51.5 Å². The molecule has 0 bridgehead atoms. The molecule has 0 saturated heterocycles. The van der Waals surface area contributed by atoms with Crippen molar-refractivity contribution in [2.45, 2.75) is 46.3 Å². The maximum Gasteiger partial charge on any atom is 0.261 e. The van der Waals surface area contributed by atoms with Crippen molar-refractivity contribution in [3.63, 3.8) is 0 Å². The first-order valence-corrected chi connectivity index (χ1v) is 10.4. The molecule has 2 aromatic heterocycles. The summed E-state index contributed by atoms with van der Waals surface area (Å²) in [5, 5.41) is 5.07. The second-order valence-electron chi connectivity index (χ2n) is 7.71. The van der Waals surface area contributed by atoms with E-state index in [-0.39, 0.29) is 5.56 Å². The Labute approximate surface area is 176 Å². The maximum absolute atomic E-state index is 13.2. The molecule has 8 nitrogen and oxygen atoms in total. The number of aromatic nitrogens is 4. The highest BCUT2D eigenvalue weighted by atomic mass is 16.5. The van der Waals surface area contributed by atoms with Crippen molar-refractivity contribution >= 4 is 10.9 Å². The van der Waals surface area contributed by atoms with Gasteiger partial charge < -0.3 is 9.47 Å². The van der Waals surface area contributed by atoms with E-state index in [0.717, 1.165) is 44.8 Å². The van der Waals surface area contributed by atoms with Gasteiger partial charge in [0, 0.05) is 56.5 Å². The highest BCUT2D eigenvalue weighted by Gasteiger charge is 2.20. The lowest BCUT2D eigenvalue weighted by Crippen LogP contribution is -2.29. The predicted molar refractivity (Wildman–Crippen MR) is 115 cm³/mol. The van der Waals surface area contributed by atoms with E-state index in [1.807, 2.05) is 10.8 Å². The van der Waals surface area contributed by atoms with Gasteiger partial charge in [-0.05, 0) is 19.4 Å². The summed E-state index contributed by atoms with van der Waals surface area (Å²) in [7, 11) is 3.16. The van der Waals surface area contributed by atoms with Crippen LogP contribution in [0.25, 0.3) is 10.9 Å². The molecule has 1 aliphatic rings. The van der Waals surface area contributed by atoms with Gasteiger partial charge in [0.05, 0.1) is 31.3 Å². The van der Waals surface area contributed by atoms with Crippen LogP contribution in [0, 0.1) is 6.92 Å². The number of nitrogens with zero attached hydrogens (tertiary/aromatic N) is 5. The Morgan fingerprint density at radius 3 is 2.60 bits per heavy atom. The first kappa shape index (κ1) is 20.4. The molecular weight excluding hydrogens is 382 g/mol. The molecule has 0 spiro atoms. The van der Waals surface area contributed by atoms with Crippen LogP contribution in [0.2, 0.25) is 0 Å². The fraction of sp³-hybridized carbons (Fsp3) is 0.500. The van der Waals surface area contributed by atoms with E-state index in [9.17, 15) is 4.79 Å². The average molecular weight is 412 g/mol. The van der Waals surface area contributed by atoms with Crippen LogP contribution in [-0.2, 0) is 26.1 Å². The summed E-state index contributed by atoms with van der Waals surface area (Å²) in [5.41, 5.74) is 3.09. The molecule has 1 aliphatic heterocycles. The van der Waals surface area contributed by atoms with Gasteiger partial charge in [-0.25, -0.2) is 4.98 Å². The van der Waals surface area contributed by atoms with Crippen LogP contribution in [0.1, 0.15) is 30.4 Å². The van der Waals surface area contributed by atoms with Crippen LogP contribution in [0.3, 0.4) is 0 Å². The zero-order valence-electron chi connectivity index (χ0n) is 18.1. The van der Waals surface area contributed by atoms with Crippen LogP contribution in [0.5, 0.6) is 11.5 Å². The standard InChI is InChI=1S/C22H29N5O3/c1-5-7-27-15(2)16(13-23-27)14-25-8-6-21-24-18-12-20(30-4)19(29-3)11-17(18)22(28)26(21)10-9-25/h11-13H,5-10,14H2,1-4H3. The minimum Gasteiger partial charge on any atom is -0.493 e. The van der Waals surface area contributed by atoms with Gasteiger partial charge in [0.15, 0.2) is 11.5 Å². The Hall–Kier alpha value is -2.87. The molecule has 0 radical (unpaired) electrons. The number of methoxy groups -OCH3 is 2. The van der Waals surface area contributed by atoms with E-state index in [0.29, 0.717) is 28.9 Å². The van der Waals surface area contributed by atoms with Gasteiger partial charge in [-0.3, -0.25) is 18.9 Å². The lowest BCUT2D eigenvalue weighted by atomic mass is 10.2. The maximum atomic E-state index is 13.2. The number of fused-ring (bicyclic) bond motifs is 2. The molecule has 0 aliphatic carbocycles. The number of hydrogen-bond donors (Lipinski definition) is 0. The molecule has 1 aromatic carbocycles. The van der Waals surface area contributed by atoms with Crippen molar-refractivity contribution in [3.8, 4) is 11.5 Å². The third kappa shape index (κ3) is 3.67. The molecule has 0 saturated carbocycles. The third-order valence-electron chi connectivity index (χ3n) is 5.86. The summed E-state index contributed by atoms with van der Waals surface area (Å²) in [6.07, 6.45) is 3.76. The molecule has 0 N–H and O–H groups in total. The quantitative estimate of drug-likeness (QED) is 0.620. The Bertz CT molecular complexity index is 1120. The third-order valence-corrected chi connectivity index (χ3v) is 5.86. The van der Waals surface area contributed by atoms with E-state index in [1.165, 1.54) is 11.3 Å². The van der Waals surface area contributed by atoms with Crippen molar-refractivity contribution in [1.29, 1.82) is 0 Å². The molecule has 0 fully saturated rings. The lowest BCUT2D eigenvalue weighted by Gasteiger charge is -2.19. The largest absolute Gasteiger partial charge is 0.493 e. The normalized spacial score (nSPS) is 14.5. The van der Waals surface area contributed by atoms with Gasteiger partial charge >= 0.3 is 0 Å². The van der Waals surface area contributed by atoms with Crippen LogP contribution in [0.15, 0.2) is 23.1 Å². The zero-order chi connectivity index (χ0) is 21.3. The van der Waals surface area contributed by atoms with Crippen LogP contribution in [0.4, 0.5) is 0 Å². The minimum atomic E-state index is -0.0234. The summed E-state index contributed by atoms with van der Waals surface area (Å²) < 4.78 is 14.6.